The third kappa shape index (κ3) is 0.802. The highest BCUT2D eigenvalue weighted by molar-refractivity contribution is 5.12. The van der Waals surface area contributed by atoms with Gasteiger partial charge in [-0.05, 0) is 62.7 Å². The summed E-state index contributed by atoms with van der Waals surface area (Å²) in [5.41, 5.74) is 0.259. The lowest BCUT2D eigenvalue weighted by Gasteiger charge is -2.54. The Morgan fingerprint density at radius 3 is 1.67 bits per heavy atom. The van der Waals surface area contributed by atoms with Crippen LogP contribution in [0.4, 0.5) is 0 Å². The Balaban J connectivity index is 1.97. The third-order valence-electron chi connectivity index (χ3n) is 4.30. The fourth-order valence-electron chi connectivity index (χ4n) is 4.26. The van der Waals surface area contributed by atoms with Crippen LogP contribution in [-0.4, -0.2) is 0 Å². The smallest absolute Gasteiger partial charge is 0.0332 e. The molecule has 0 aromatic heterocycles. The highest BCUT2D eigenvalue weighted by Crippen LogP contribution is 2.59. The predicted octanol–water partition coefficient (Wildman–Crippen LogP) is 2.79. The molecule has 0 heterocycles. The molecule has 4 fully saturated rings. The number of rotatable bonds is 0. The van der Waals surface area contributed by atoms with Gasteiger partial charge in [0.2, 0.25) is 0 Å². The van der Waals surface area contributed by atoms with E-state index in [1.807, 2.05) is 0 Å². The second-order valence-electron chi connectivity index (χ2n) is 5.32. The molecule has 0 aromatic rings. The van der Waals surface area contributed by atoms with Crippen molar-refractivity contribution >= 4 is 0 Å². The first-order valence-electron chi connectivity index (χ1n) is 5.23. The van der Waals surface area contributed by atoms with Gasteiger partial charge in [0.25, 0.3) is 0 Å². The molecule has 0 amide bonds. The number of hydrogen-bond donors (Lipinski definition) is 0. The molecule has 12 heavy (non-hydrogen) atoms. The maximum Gasteiger partial charge on any atom is 0.0332 e. The van der Waals surface area contributed by atoms with Gasteiger partial charge in [-0.15, -0.1) is 0 Å². The van der Waals surface area contributed by atoms with Crippen molar-refractivity contribution in [2.75, 3.05) is 0 Å². The fourth-order valence-corrected chi connectivity index (χ4v) is 4.26. The summed E-state index contributed by atoms with van der Waals surface area (Å²) in [7, 11) is 0. The summed E-state index contributed by atoms with van der Waals surface area (Å²) in [5, 5.41) is 0. The maximum atomic E-state index is 7.43. The molecule has 4 bridgehead atoms. The van der Waals surface area contributed by atoms with E-state index in [-0.39, 0.29) is 5.41 Å². The van der Waals surface area contributed by atoms with Gasteiger partial charge in [-0.1, -0.05) is 5.92 Å². The highest BCUT2D eigenvalue weighted by Gasteiger charge is 2.49. The van der Waals surface area contributed by atoms with E-state index in [2.05, 4.69) is 5.92 Å². The molecule has 63 valence electrons. The second kappa shape index (κ2) is 2.08. The molecule has 1 radical (unpaired) electrons. The Morgan fingerprint density at radius 1 is 0.917 bits per heavy atom. The standard InChI is InChI=1S/C12H15/c1-2-12-6-9-3-10(7-12)5-11(4-9)8-12/h9-11H,3-8H2. The predicted molar refractivity (Wildman–Crippen MR) is 47.7 cm³/mol. The van der Waals surface area contributed by atoms with E-state index < -0.39 is 0 Å². The Bertz CT molecular complexity index is 208. The summed E-state index contributed by atoms with van der Waals surface area (Å²) < 4.78 is 0. The molecule has 0 unspecified atom stereocenters. The van der Waals surface area contributed by atoms with Crippen molar-refractivity contribution in [3.05, 3.63) is 6.42 Å². The lowest BCUT2D eigenvalue weighted by molar-refractivity contribution is -0.0182. The summed E-state index contributed by atoms with van der Waals surface area (Å²) in [4.78, 5) is 0. The van der Waals surface area contributed by atoms with E-state index in [9.17, 15) is 0 Å². The fraction of sp³-hybridized carbons (Fsp3) is 0.833. The van der Waals surface area contributed by atoms with Gasteiger partial charge in [0.1, 0.15) is 0 Å². The molecule has 0 nitrogen and oxygen atoms in total. The van der Waals surface area contributed by atoms with Crippen LogP contribution in [0.25, 0.3) is 0 Å². The van der Waals surface area contributed by atoms with Crippen LogP contribution in [0.1, 0.15) is 38.5 Å². The first-order chi connectivity index (χ1) is 5.80. The zero-order valence-corrected chi connectivity index (χ0v) is 7.47. The van der Waals surface area contributed by atoms with E-state index in [1.165, 1.54) is 38.5 Å². The molecular formula is C12H15. The van der Waals surface area contributed by atoms with Gasteiger partial charge in [0.15, 0.2) is 0 Å². The first-order valence-corrected chi connectivity index (χ1v) is 5.23. The topological polar surface area (TPSA) is 0 Å². The molecule has 4 aliphatic rings. The van der Waals surface area contributed by atoms with Crippen LogP contribution < -0.4 is 0 Å². The second-order valence-corrected chi connectivity index (χ2v) is 5.32. The monoisotopic (exact) mass is 159 g/mol. The van der Waals surface area contributed by atoms with Crippen molar-refractivity contribution in [1.82, 2.24) is 0 Å². The Labute approximate surface area is 74.7 Å². The molecule has 0 aromatic carbocycles. The van der Waals surface area contributed by atoms with Gasteiger partial charge in [0.05, 0.1) is 0 Å². The van der Waals surface area contributed by atoms with E-state index in [1.54, 1.807) is 0 Å². The molecule has 0 spiro atoms. The van der Waals surface area contributed by atoms with E-state index >= 15 is 0 Å². The van der Waals surface area contributed by atoms with Crippen molar-refractivity contribution in [3.8, 4) is 5.92 Å². The van der Waals surface area contributed by atoms with Crippen molar-refractivity contribution in [3.63, 3.8) is 0 Å². The highest BCUT2D eigenvalue weighted by atomic mass is 14.5. The van der Waals surface area contributed by atoms with E-state index in [0.717, 1.165) is 17.8 Å². The Kier molecular flexibility index (Phi) is 1.21. The zero-order chi connectivity index (χ0) is 8.18. The molecule has 0 aliphatic heterocycles. The van der Waals surface area contributed by atoms with Gasteiger partial charge in [0, 0.05) is 5.41 Å². The van der Waals surface area contributed by atoms with Crippen molar-refractivity contribution in [2.45, 2.75) is 38.5 Å². The van der Waals surface area contributed by atoms with Gasteiger partial charge in [-0.3, -0.25) is 0 Å². The van der Waals surface area contributed by atoms with Crippen LogP contribution >= 0.6 is 0 Å². The van der Waals surface area contributed by atoms with Crippen molar-refractivity contribution in [1.29, 1.82) is 0 Å². The molecule has 0 atom stereocenters. The summed E-state index contributed by atoms with van der Waals surface area (Å²) >= 11 is 0. The molecule has 0 heteroatoms. The van der Waals surface area contributed by atoms with Crippen LogP contribution in [0.3, 0.4) is 0 Å². The average Bonchev–Trinajstić information content (AvgIpc) is 2.02. The third-order valence-corrected chi connectivity index (χ3v) is 4.30. The summed E-state index contributed by atoms with van der Waals surface area (Å²) in [5.74, 6) is 5.76. The Morgan fingerprint density at radius 2 is 1.33 bits per heavy atom. The van der Waals surface area contributed by atoms with Crippen LogP contribution in [-0.2, 0) is 0 Å². The number of hydrogen-bond acceptors (Lipinski definition) is 0. The summed E-state index contributed by atoms with van der Waals surface area (Å²) in [6.07, 6.45) is 15.7. The summed E-state index contributed by atoms with van der Waals surface area (Å²) in [6, 6.07) is 0. The largest absolute Gasteiger partial charge is 0.0823 e. The van der Waals surface area contributed by atoms with E-state index in [0.29, 0.717) is 0 Å². The first kappa shape index (κ1) is 7.01. The normalized spacial score (nSPS) is 55.4. The lowest BCUT2D eigenvalue weighted by atomic mass is 9.50. The quantitative estimate of drug-likeness (QED) is 0.477. The maximum absolute atomic E-state index is 7.43. The van der Waals surface area contributed by atoms with Crippen LogP contribution in [0.5, 0.6) is 0 Å². The van der Waals surface area contributed by atoms with Crippen LogP contribution in [0, 0.1) is 35.5 Å². The lowest BCUT2D eigenvalue weighted by Crippen LogP contribution is -2.45. The van der Waals surface area contributed by atoms with Crippen molar-refractivity contribution < 1.29 is 0 Å². The van der Waals surface area contributed by atoms with Gasteiger partial charge in [-0.25, -0.2) is 0 Å². The van der Waals surface area contributed by atoms with Gasteiger partial charge < -0.3 is 0 Å². The Hall–Kier alpha value is -0.440. The van der Waals surface area contributed by atoms with Crippen molar-refractivity contribution in [2.24, 2.45) is 23.2 Å². The molecule has 0 N–H and O–H groups in total. The minimum absolute atomic E-state index is 0.259. The summed E-state index contributed by atoms with van der Waals surface area (Å²) in [6.45, 7) is 0. The zero-order valence-electron chi connectivity index (χ0n) is 7.47. The SMILES string of the molecule is [C]#CC12CC3CC(CC(C3)C1)C2. The van der Waals surface area contributed by atoms with E-state index in [4.69, 9.17) is 6.42 Å². The van der Waals surface area contributed by atoms with Crippen LogP contribution in [0.15, 0.2) is 0 Å². The minimum Gasteiger partial charge on any atom is -0.0823 e. The molecule has 4 aliphatic carbocycles. The van der Waals surface area contributed by atoms with Gasteiger partial charge >= 0.3 is 0 Å². The minimum atomic E-state index is 0.259. The molecule has 4 rings (SSSR count). The van der Waals surface area contributed by atoms with Crippen LogP contribution in [0.2, 0.25) is 0 Å². The molecule has 4 saturated carbocycles. The van der Waals surface area contributed by atoms with Gasteiger partial charge in [-0.2, -0.15) is 0 Å². The average molecular weight is 159 g/mol. The molecular weight excluding hydrogens is 144 g/mol. The molecule has 0 saturated heterocycles.